The first-order valence-electron chi connectivity index (χ1n) is 7.90. The zero-order valence-electron chi connectivity index (χ0n) is 12.9. The second-order valence-corrected chi connectivity index (χ2v) is 7.11. The monoisotopic (exact) mass is 297 g/mol. The van der Waals surface area contributed by atoms with E-state index >= 15 is 0 Å². The van der Waals surface area contributed by atoms with Crippen LogP contribution in [0.2, 0.25) is 0 Å². The Morgan fingerprint density at radius 1 is 1.30 bits per heavy atom. The standard InChI is InChI=1S/C15H27N3OS/c1-4-11(3)20-10-14-17-15(19-18-14)12-6-8-13(9-7-12)16-5-2/h11-13,16H,4-10H2,1-3H3. The smallest absolute Gasteiger partial charge is 0.229 e. The zero-order chi connectivity index (χ0) is 14.4. The third kappa shape index (κ3) is 4.48. The topological polar surface area (TPSA) is 51.0 Å². The van der Waals surface area contributed by atoms with Crippen molar-refractivity contribution >= 4 is 11.8 Å². The van der Waals surface area contributed by atoms with Crippen LogP contribution < -0.4 is 5.32 Å². The minimum atomic E-state index is 0.472. The van der Waals surface area contributed by atoms with Crippen LogP contribution in [-0.4, -0.2) is 28.0 Å². The average molecular weight is 297 g/mol. The van der Waals surface area contributed by atoms with Crippen molar-refractivity contribution < 1.29 is 4.52 Å². The predicted molar refractivity (Wildman–Crippen MR) is 84.0 cm³/mol. The lowest BCUT2D eigenvalue weighted by Gasteiger charge is -2.26. The van der Waals surface area contributed by atoms with E-state index in [1.54, 1.807) is 0 Å². The summed E-state index contributed by atoms with van der Waals surface area (Å²) in [4.78, 5) is 4.59. The first-order chi connectivity index (χ1) is 9.72. The number of hydrogen-bond donors (Lipinski definition) is 1. The van der Waals surface area contributed by atoms with Gasteiger partial charge in [0.2, 0.25) is 5.89 Å². The third-order valence-electron chi connectivity index (χ3n) is 4.12. The summed E-state index contributed by atoms with van der Waals surface area (Å²) < 4.78 is 5.47. The Morgan fingerprint density at radius 2 is 2.05 bits per heavy atom. The van der Waals surface area contributed by atoms with E-state index in [1.165, 1.54) is 19.3 Å². The van der Waals surface area contributed by atoms with Crippen LogP contribution >= 0.6 is 11.8 Å². The number of nitrogens with one attached hydrogen (secondary N) is 1. The van der Waals surface area contributed by atoms with Gasteiger partial charge in [0, 0.05) is 17.2 Å². The molecule has 1 N–H and O–H groups in total. The fourth-order valence-electron chi connectivity index (χ4n) is 2.66. The van der Waals surface area contributed by atoms with Gasteiger partial charge in [-0.15, -0.1) is 0 Å². The van der Waals surface area contributed by atoms with Gasteiger partial charge in [-0.25, -0.2) is 0 Å². The molecule has 5 heteroatoms. The van der Waals surface area contributed by atoms with E-state index in [4.69, 9.17) is 4.52 Å². The Kier molecular flexibility index (Phi) is 6.36. The number of thioether (sulfide) groups is 1. The van der Waals surface area contributed by atoms with Crippen LogP contribution in [0.1, 0.15) is 70.5 Å². The molecule has 1 aromatic heterocycles. The highest BCUT2D eigenvalue weighted by Gasteiger charge is 2.25. The minimum absolute atomic E-state index is 0.472. The van der Waals surface area contributed by atoms with Crippen LogP contribution in [0.5, 0.6) is 0 Å². The Labute approximate surface area is 126 Å². The molecule has 2 rings (SSSR count). The summed E-state index contributed by atoms with van der Waals surface area (Å²) >= 11 is 1.90. The molecule has 0 bridgehead atoms. The second-order valence-electron chi connectivity index (χ2n) is 5.68. The van der Waals surface area contributed by atoms with E-state index in [1.807, 2.05) is 11.8 Å². The van der Waals surface area contributed by atoms with Crippen molar-refractivity contribution in [3.63, 3.8) is 0 Å². The summed E-state index contributed by atoms with van der Waals surface area (Å²) in [5.41, 5.74) is 0. The van der Waals surface area contributed by atoms with Crippen molar-refractivity contribution in [3.8, 4) is 0 Å². The first-order valence-corrected chi connectivity index (χ1v) is 8.95. The molecule has 0 radical (unpaired) electrons. The molecule has 1 saturated carbocycles. The lowest BCUT2D eigenvalue weighted by molar-refractivity contribution is 0.284. The highest BCUT2D eigenvalue weighted by Crippen LogP contribution is 2.32. The summed E-state index contributed by atoms with van der Waals surface area (Å²) in [5.74, 6) is 3.06. The van der Waals surface area contributed by atoms with Gasteiger partial charge in [-0.1, -0.05) is 25.9 Å². The van der Waals surface area contributed by atoms with E-state index < -0.39 is 0 Å². The van der Waals surface area contributed by atoms with Gasteiger partial charge in [-0.2, -0.15) is 16.7 Å². The highest BCUT2D eigenvalue weighted by atomic mass is 32.2. The molecule has 1 aromatic rings. The maximum atomic E-state index is 5.47. The van der Waals surface area contributed by atoms with Crippen LogP contribution in [0, 0.1) is 0 Å². The van der Waals surface area contributed by atoms with Gasteiger partial charge in [0.25, 0.3) is 0 Å². The Hall–Kier alpha value is -0.550. The molecule has 1 aliphatic rings. The maximum absolute atomic E-state index is 5.47. The summed E-state index contributed by atoms with van der Waals surface area (Å²) in [5, 5.41) is 8.32. The van der Waals surface area contributed by atoms with Gasteiger partial charge in [0.1, 0.15) is 0 Å². The fraction of sp³-hybridized carbons (Fsp3) is 0.867. The third-order valence-corrected chi connectivity index (χ3v) is 5.45. The van der Waals surface area contributed by atoms with Gasteiger partial charge in [-0.05, 0) is 38.6 Å². The molecule has 1 atom stereocenters. The van der Waals surface area contributed by atoms with Crippen LogP contribution in [-0.2, 0) is 5.75 Å². The molecule has 4 nitrogen and oxygen atoms in total. The maximum Gasteiger partial charge on any atom is 0.229 e. The molecule has 0 amide bonds. The average Bonchev–Trinajstić information content (AvgIpc) is 2.95. The van der Waals surface area contributed by atoms with Gasteiger partial charge >= 0.3 is 0 Å². The second kappa shape index (κ2) is 8.03. The summed E-state index contributed by atoms with van der Waals surface area (Å²) in [6.45, 7) is 7.69. The van der Waals surface area contributed by atoms with Crippen molar-refractivity contribution in [2.75, 3.05) is 6.54 Å². The van der Waals surface area contributed by atoms with Crippen molar-refractivity contribution in [2.45, 2.75) is 75.8 Å². The SMILES string of the molecule is CCNC1CCC(c2nc(CSC(C)CC)no2)CC1. The van der Waals surface area contributed by atoms with Gasteiger partial charge in [0.15, 0.2) is 5.82 Å². The summed E-state index contributed by atoms with van der Waals surface area (Å²) in [6.07, 6.45) is 5.95. The van der Waals surface area contributed by atoms with Crippen LogP contribution in [0.15, 0.2) is 4.52 Å². The molecule has 0 spiro atoms. The van der Waals surface area contributed by atoms with Gasteiger partial charge in [-0.3, -0.25) is 0 Å². The molecule has 0 saturated heterocycles. The highest BCUT2D eigenvalue weighted by molar-refractivity contribution is 7.99. The minimum Gasteiger partial charge on any atom is -0.339 e. The Balaban J connectivity index is 1.80. The molecule has 0 aliphatic heterocycles. The van der Waals surface area contributed by atoms with E-state index in [9.17, 15) is 0 Å². The normalized spacial score (nSPS) is 24.8. The van der Waals surface area contributed by atoms with Crippen LogP contribution in [0.3, 0.4) is 0 Å². The quantitative estimate of drug-likeness (QED) is 0.831. The van der Waals surface area contributed by atoms with Crippen molar-refractivity contribution in [1.82, 2.24) is 15.5 Å². The zero-order valence-corrected chi connectivity index (χ0v) is 13.7. The van der Waals surface area contributed by atoms with Gasteiger partial charge < -0.3 is 9.84 Å². The van der Waals surface area contributed by atoms with E-state index in [2.05, 4.69) is 36.2 Å². The molecule has 1 fully saturated rings. The molecule has 1 heterocycles. The fourth-order valence-corrected chi connectivity index (χ4v) is 3.45. The predicted octanol–water partition coefficient (Wildman–Crippen LogP) is 3.74. The van der Waals surface area contributed by atoms with E-state index in [-0.39, 0.29) is 0 Å². The van der Waals surface area contributed by atoms with E-state index in [0.717, 1.165) is 36.9 Å². The molecule has 0 aromatic carbocycles. The van der Waals surface area contributed by atoms with E-state index in [0.29, 0.717) is 17.2 Å². The number of aromatic nitrogens is 2. The van der Waals surface area contributed by atoms with Gasteiger partial charge in [0.05, 0.1) is 5.75 Å². The van der Waals surface area contributed by atoms with Crippen molar-refractivity contribution in [1.29, 1.82) is 0 Å². The van der Waals surface area contributed by atoms with Crippen LogP contribution in [0.25, 0.3) is 0 Å². The Morgan fingerprint density at radius 3 is 2.70 bits per heavy atom. The Bertz CT molecular complexity index is 388. The van der Waals surface area contributed by atoms with Crippen molar-refractivity contribution in [2.24, 2.45) is 0 Å². The molecular weight excluding hydrogens is 270 g/mol. The molecule has 114 valence electrons. The first kappa shape index (κ1) is 15.8. The number of hydrogen-bond acceptors (Lipinski definition) is 5. The van der Waals surface area contributed by atoms with Crippen LogP contribution in [0.4, 0.5) is 0 Å². The molecular formula is C15H27N3OS. The number of rotatable bonds is 7. The number of nitrogens with zero attached hydrogens (tertiary/aromatic N) is 2. The lowest BCUT2D eigenvalue weighted by Crippen LogP contribution is -2.32. The molecule has 1 aliphatic carbocycles. The summed E-state index contributed by atoms with van der Waals surface area (Å²) in [7, 11) is 0. The largest absolute Gasteiger partial charge is 0.339 e. The molecule has 20 heavy (non-hydrogen) atoms. The molecule has 1 unspecified atom stereocenters. The lowest BCUT2D eigenvalue weighted by atomic mass is 9.86. The summed E-state index contributed by atoms with van der Waals surface area (Å²) in [6, 6.07) is 0.680. The van der Waals surface area contributed by atoms with Crippen molar-refractivity contribution in [3.05, 3.63) is 11.7 Å².